The molecule has 166 valence electrons. The average Bonchev–Trinajstić information content (AvgIpc) is 2.59. The van der Waals surface area contributed by atoms with E-state index in [1.165, 1.54) is 32.2 Å². The first kappa shape index (κ1) is 23.7. The van der Waals surface area contributed by atoms with Gasteiger partial charge in [-0.3, -0.25) is 14.4 Å². The van der Waals surface area contributed by atoms with Gasteiger partial charge in [-0.2, -0.15) is 0 Å². The summed E-state index contributed by atoms with van der Waals surface area (Å²) in [5.41, 5.74) is -1.37. The van der Waals surface area contributed by atoms with Gasteiger partial charge < -0.3 is 24.4 Å². The van der Waals surface area contributed by atoms with Gasteiger partial charge in [-0.05, 0) is 52.3 Å². The molecule has 8 nitrogen and oxygen atoms in total. The van der Waals surface area contributed by atoms with Gasteiger partial charge in [0.2, 0.25) is 0 Å². The zero-order chi connectivity index (χ0) is 22.8. The van der Waals surface area contributed by atoms with Crippen molar-refractivity contribution in [3.8, 4) is 11.5 Å². The maximum absolute atomic E-state index is 13.0. The number of methoxy groups -OCH3 is 1. The van der Waals surface area contributed by atoms with Crippen LogP contribution >= 0.6 is 0 Å². The maximum atomic E-state index is 13.0. The molecule has 2 rings (SSSR count). The van der Waals surface area contributed by atoms with E-state index >= 15 is 0 Å². The zero-order valence-electron chi connectivity index (χ0n) is 18.2. The van der Waals surface area contributed by atoms with Crippen LogP contribution < -0.4 is 4.74 Å². The predicted octanol–water partition coefficient (Wildman–Crippen LogP) is 2.34. The summed E-state index contributed by atoms with van der Waals surface area (Å²) in [6, 6.07) is 4.28. The molecular formula is C22H30O8. The van der Waals surface area contributed by atoms with Crippen LogP contribution in [0.4, 0.5) is 0 Å². The molecule has 1 aliphatic rings. The third kappa shape index (κ3) is 4.92. The van der Waals surface area contributed by atoms with Crippen LogP contribution in [0.3, 0.4) is 0 Å². The lowest BCUT2D eigenvalue weighted by Crippen LogP contribution is -2.55. The second-order valence-corrected chi connectivity index (χ2v) is 8.38. The Bertz CT molecular complexity index is 803. The smallest absolute Gasteiger partial charge is 0.317 e. The number of phenols is 1. The van der Waals surface area contributed by atoms with Gasteiger partial charge in [0.15, 0.2) is 17.3 Å². The Morgan fingerprint density at radius 2 is 1.67 bits per heavy atom. The summed E-state index contributed by atoms with van der Waals surface area (Å²) in [7, 11) is 1.36. The molecule has 0 radical (unpaired) electrons. The van der Waals surface area contributed by atoms with Gasteiger partial charge in [0.1, 0.15) is 5.92 Å². The lowest BCUT2D eigenvalue weighted by molar-refractivity contribution is -0.176. The van der Waals surface area contributed by atoms with Gasteiger partial charge >= 0.3 is 11.9 Å². The average molecular weight is 422 g/mol. The van der Waals surface area contributed by atoms with Crippen LogP contribution in [0.5, 0.6) is 11.5 Å². The van der Waals surface area contributed by atoms with Crippen LogP contribution in [0, 0.1) is 11.8 Å². The number of Topliss-reactive ketones (excluding diaryl/α,β-unsaturated/α-hetero) is 1. The number of aromatic hydroxyl groups is 1. The van der Waals surface area contributed by atoms with E-state index < -0.39 is 59.7 Å². The third-order valence-corrected chi connectivity index (χ3v) is 5.07. The van der Waals surface area contributed by atoms with Crippen molar-refractivity contribution >= 4 is 17.7 Å². The zero-order valence-corrected chi connectivity index (χ0v) is 18.2. The molecule has 8 heteroatoms. The Balaban J connectivity index is 2.67. The van der Waals surface area contributed by atoms with E-state index in [9.17, 15) is 24.6 Å². The maximum Gasteiger partial charge on any atom is 0.317 e. The van der Waals surface area contributed by atoms with Gasteiger partial charge in [0.25, 0.3) is 0 Å². The lowest BCUT2D eigenvalue weighted by Gasteiger charge is -2.44. The molecule has 0 spiro atoms. The molecule has 1 aromatic rings. The highest BCUT2D eigenvalue weighted by Gasteiger charge is 2.57. The van der Waals surface area contributed by atoms with E-state index in [0.717, 1.165) is 0 Å². The lowest BCUT2D eigenvalue weighted by atomic mass is 9.61. The number of phenolic OH excluding ortho intramolecular Hbond substituents is 1. The highest BCUT2D eigenvalue weighted by atomic mass is 16.5. The number of ether oxygens (including phenoxy) is 3. The topological polar surface area (TPSA) is 119 Å². The molecule has 1 aliphatic carbocycles. The first-order chi connectivity index (χ1) is 13.9. The molecule has 1 aromatic carbocycles. The minimum absolute atomic E-state index is 0.108. The largest absolute Gasteiger partial charge is 0.504 e. The third-order valence-electron chi connectivity index (χ3n) is 5.07. The summed E-state index contributed by atoms with van der Waals surface area (Å²) >= 11 is 0. The standard InChI is InChI=1S/C22H30O8/c1-11(2)29-20(25)18-15(24)10-22(5,27)19(21(26)30-12(3)4)17(18)13-7-8-14(23)16(9-13)28-6/h7-9,11-12,17-19,23,27H,10H2,1-6H3/t17-,18+,19+,22-/m0/s1. The molecule has 1 saturated carbocycles. The van der Waals surface area contributed by atoms with Gasteiger partial charge in [-0.25, -0.2) is 0 Å². The van der Waals surface area contributed by atoms with Crippen molar-refractivity contribution in [2.24, 2.45) is 11.8 Å². The number of hydrogen-bond acceptors (Lipinski definition) is 8. The van der Waals surface area contributed by atoms with Crippen LogP contribution in [-0.2, 0) is 23.9 Å². The Kier molecular flexibility index (Phi) is 7.13. The molecule has 0 amide bonds. The van der Waals surface area contributed by atoms with E-state index in [0.29, 0.717) is 5.56 Å². The number of rotatable bonds is 6. The fraction of sp³-hybridized carbons (Fsp3) is 0.591. The van der Waals surface area contributed by atoms with Gasteiger partial charge in [0.05, 0.1) is 30.8 Å². The molecule has 2 N–H and O–H groups in total. The number of hydrogen-bond donors (Lipinski definition) is 2. The van der Waals surface area contributed by atoms with E-state index in [1.54, 1.807) is 27.7 Å². The summed E-state index contributed by atoms with van der Waals surface area (Å²) in [6.45, 7) is 8.04. The van der Waals surface area contributed by atoms with Crippen molar-refractivity contribution in [2.45, 2.75) is 64.8 Å². The highest BCUT2D eigenvalue weighted by Crippen LogP contribution is 2.48. The molecule has 0 aliphatic heterocycles. The van der Waals surface area contributed by atoms with Crippen LogP contribution in [0.25, 0.3) is 0 Å². The molecule has 4 atom stereocenters. The number of carbonyl (C=O) groups excluding carboxylic acids is 3. The first-order valence-electron chi connectivity index (χ1n) is 9.92. The normalized spacial score (nSPS) is 26.6. The van der Waals surface area contributed by atoms with Crippen molar-refractivity contribution in [3.05, 3.63) is 23.8 Å². The van der Waals surface area contributed by atoms with E-state index in [2.05, 4.69) is 0 Å². The molecule has 30 heavy (non-hydrogen) atoms. The monoisotopic (exact) mass is 422 g/mol. The van der Waals surface area contributed by atoms with Crippen molar-refractivity contribution in [1.29, 1.82) is 0 Å². The second-order valence-electron chi connectivity index (χ2n) is 8.38. The van der Waals surface area contributed by atoms with Crippen molar-refractivity contribution in [3.63, 3.8) is 0 Å². The first-order valence-corrected chi connectivity index (χ1v) is 9.92. The molecule has 0 unspecified atom stereocenters. The fourth-order valence-electron chi connectivity index (χ4n) is 3.93. The second kappa shape index (κ2) is 9.04. The van der Waals surface area contributed by atoms with E-state index in [4.69, 9.17) is 14.2 Å². The van der Waals surface area contributed by atoms with Crippen LogP contribution in [0.2, 0.25) is 0 Å². The van der Waals surface area contributed by atoms with Gasteiger partial charge in [-0.1, -0.05) is 6.07 Å². The Morgan fingerprint density at radius 3 is 2.20 bits per heavy atom. The number of benzene rings is 1. The highest BCUT2D eigenvalue weighted by molar-refractivity contribution is 6.02. The van der Waals surface area contributed by atoms with Crippen molar-refractivity contribution in [1.82, 2.24) is 0 Å². The summed E-state index contributed by atoms with van der Waals surface area (Å²) in [6.07, 6.45) is -1.32. The van der Waals surface area contributed by atoms with Crippen LogP contribution in [-0.4, -0.2) is 52.9 Å². The minimum atomic E-state index is -1.74. The molecule has 0 heterocycles. The molecule has 0 saturated heterocycles. The minimum Gasteiger partial charge on any atom is -0.504 e. The predicted molar refractivity (Wildman–Crippen MR) is 107 cm³/mol. The summed E-state index contributed by atoms with van der Waals surface area (Å²) in [4.78, 5) is 38.8. The molecule has 1 fully saturated rings. The Morgan fingerprint density at radius 1 is 1.10 bits per heavy atom. The van der Waals surface area contributed by atoms with Crippen LogP contribution in [0.15, 0.2) is 18.2 Å². The number of ketones is 1. The van der Waals surface area contributed by atoms with Gasteiger partial charge in [0, 0.05) is 12.3 Å². The number of esters is 2. The van der Waals surface area contributed by atoms with Crippen LogP contribution in [0.1, 0.15) is 52.5 Å². The van der Waals surface area contributed by atoms with E-state index in [1.807, 2.05) is 0 Å². The fourth-order valence-corrected chi connectivity index (χ4v) is 3.93. The van der Waals surface area contributed by atoms with Crippen molar-refractivity contribution in [2.75, 3.05) is 7.11 Å². The summed E-state index contributed by atoms with van der Waals surface area (Å²) < 4.78 is 15.8. The van der Waals surface area contributed by atoms with Gasteiger partial charge in [-0.15, -0.1) is 0 Å². The van der Waals surface area contributed by atoms with E-state index in [-0.39, 0.29) is 11.5 Å². The Hall–Kier alpha value is -2.61. The molecule has 0 bridgehead atoms. The number of aliphatic hydroxyl groups is 1. The Labute approximate surface area is 176 Å². The van der Waals surface area contributed by atoms with Crippen molar-refractivity contribution < 1.29 is 38.8 Å². The molecule has 0 aromatic heterocycles. The summed E-state index contributed by atoms with van der Waals surface area (Å²) in [5, 5.41) is 21.0. The summed E-state index contributed by atoms with van der Waals surface area (Å²) in [5.74, 6) is -5.64. The number of carbonyl (C=O) groups is 3. The quantitative estimate of drug-likeness (QED) is 0.530. The molecular weight excluding hydrogens is 392 g/mol. The SMILES string of the molecule is COc1cc([C@H]2[C@H](C(=O)OC(C)C)C(=O)C[C@](C)(O)[C@H]2C(=O)OC(C)C)ccc1O.